The molecule has 3 aromatic rings. The standard InChI is InChI=1S/C25H31N7O2/c1-4-27-23-21(24(33)28-14-15-32(2)3)11-12-22(31-23)19-7-9-20(10-8-19)30-25(34)29-17-18-6-5-13-26-16-18/h5-13,16H,4,14-15,17H2,1-3H3,(H,27,31)(H,28,33)(H2,29,30,34). The molecule has 0 spiro atoms. The summed E-state index contributed by atoms with van der Waals surface area (Å²) < 4.78 is 0. The van der Waals surface area contributed by atoms with Crippen LogP contribution in [0, 0.1) is 0 Å². The summed E-state index contributed by atoms with van der Waals surface area (Å²) in [5.41, 5.74) is 3.70. The Hall–Kier alpha value is -3.98. The molecule has 0 aliphatic carbocycles. The number of anilines is 2. The number of nitrogens with one attached hydrogen (secondary N) is 4. The van der Waals surface area contributed by atoms with Crippen molar-refractivity contribution >= 4 is 23.4 Å². The number of urea groups is 1. The lowest BCUT2D eigenvalue weighted by molar-refractivity contribution is 0.0951. The van der Waals surface area contributed by atoms with Crippen LogP contribution in [0.2, 0.25) is 0 Å². The molecule has 0 unspecified atom stereocenters. The quantitative estimate of drug-likeness (QED) is 0.369. The van der Waals surface area contributed by atoms with Crippen molar-refractivity contribution in [2.75, 3.05) is 44.4 Å². The topological polar surface area (TPSA) is 111 Å². The minimum absolute atomic E-state index is 0.159. The van der Waals surface area contributed by atoms with E-state index in [2.05, 4.69) is 31.2 Å². The second-order valence-corrected chi connectivity index (χ2v) is 7.93. The fraction of sp³-hybridized carbons (Fsp3) is 0.280. The first kappa shape index (κ1) is 24.7. The maximum atomic E-state index is 12.6. The third-order valence-corrected chi connectivity index (χ3v) is 4.94. The SMILES string of the molecule is CCNc1nc(-c2ccc(NC(=O)NCc3cccnc3)cc2)ccc1C(=O)NCCN(C)C. The Morgan fingerprint density at radius 2 is 1.79 bits per heavy atom. The van der Waals surface area contributed by atoms with Gasteiger partial charge >= 0.3 is 6.03 Å². The van der Waals surface area contributed by atoms with E-state index in [0.29, 0.717) is 36.7 Å². The van der Waals surface area contributed by atoms with Gasteiger partial charge in [0, 0.05) is 49.8 Å². The molecule has 9 nitrogen and oxygen atoms in total. The molecule has 0 atom stereocenters. The van der Waals surface area contributed by atoms with Crippen LogP contribution < -0.4 is 21.3 Å². The molecule has 0 saturated carbocycles. The Bertz CT molecular complexity index is 1090. The molecule has 4 N–H and O–H groups in total. The number of nitrogens with zero attached hydrogens (tertiary/aromatic N) is 3. The normalized spacial score (nSPS) is 10.6. The van der Waals surface area contributed by atoms with E-state index in [4.69, 9.17) is 0 Å². The van der Waals surface area contributed by atoms with Crippen LogP contribution in [0.15, 0.2) is 60.9 Å². The molecule has 0 bridgehead atoms. The number of carbonyl (C=O) groups is 2. The molecule has 0 aliphatic heterocycles. The molecule has 0 radical (unpaired) electrons. The van der Waals surface area contributed by atoms with E-state index in [0.717, 1.165) is 23.4 Å². The molecule has 3 rings (SSSR count). The van der Waals surface area contributed by atoms with Gasteiger partial charge in [-0.3, -0.25) is 9.78 Å². The second-order valence-electron chi connectivity index (χ2n) is 7.93. The summed E-state index contributed by atoms with van der Waals surface area (Å²) >= 11 is 0. The molecular formula is C25H31N7O2. The lowest BCUT2D eigenvalue weighted by atomic mass is 10.1. The number of rotatable bonds is 10. The maximum Gasteiger partial charge on any atom is 0.319 e. The second kappa shape index (κ2) is 12.3. The Morgan fingerprint density at radius 1 is 1.00 bits per heavy atom. The number of aromatic nitrogens is 2. The first-order chi connectivity index (χ1) is 16.5. The van der Waals surface area contributed by atoms with Crippen molar-refractivity contribution in [1.29, 1.82) is 0 Å². The van der Waals surface area contributed by atoms with E-state index in [1.807, 2.05) is 68.4 Å². The highest BCUT2D eigenvalue weighted by Crippen LogP contribution is 2.23. The summed E-state index contributed by atoms with van der Waals surface area (Å²) in [6.45, 7) is 4.32. The van der Waals surface area contributed by atoms with E-state index >= 15 is 0 Å². The van der Waals surface area contributed by atoms with Crippen LogP contribution in [0.25, 0.3) is 11.3 Å². The maximum absolute atomic E-state index is 12.6. The molecule has 3 amide bonds. The molecule has 178 valence electrons. The number of amides is 3. The summed E-state index contributed by atoms with van der Waals surface area (Å²) in [7, 11) is 3.92. The number of pyridine rings is 2. The van der Waals surface area contributed by atoms with Gasteiger partial charge in [-0.25, -0.2) is 9.78 Å². The van der Waals surface area contributed by atoms with Crippen molar-refractivity contribution in [1.82, 2.24) is 25.5 Å². The Morgan fingerprint density at radius 3 is 2.47 bits per heavy atom. The van der Waals surface area contributed by atoms with Crippen LogP contribution in [0.3, 0.4) is 0 Å². The zero-order valence-corrected chi connectivity index (χ0v) is 19.8. The van der Waals surface area contributed by atoms with E-state index in [1.165, 1.54) is 0 Å². The van der Waals surface area contributed by atoms with E-state index in [9.17, 15) is 9.59 Å². The van der Waals surface area contributed by atoms with Crippen LogP contribution >= 0.6 is 0 Å². The third-order valence-electron chi connectivity index (χ3n) is 4.94. The molecular weight excluding hydrogens is 430 g/mol. The van der Waals surface area contributed by atoms with Crippen molar-refractivity contribution in [2.45, 2.75) is 13.5 Å². The van der Waals surface area contributed by atoms with Gasteiger partial charge < -0.3 is 26.2 Å². The van der Waals surface area contributed by atoms with Crippen molar-refractivity contribution in [3.8, 4) is 11.3 Å². The number of likely N-dealkylation sites (N-methyl/N-ethyl adjacent to an activating group) is 1. The van der Waals surface area contributed by atoms with Gasteiger partial charge in [-0.1, -0.05) is 18.2 Å². The average Bonchev–Trinajstić information content (AvgIpc) is 2.84. The highest BCUT2D eigenvalue weighted by atomic mass is 16.2. The van der Waals surface area contributed by atoms with Crippen LogP contribution in [-0.4, -0.2) is 60.5 Å². The lowest BCUT2D eigenvalue weighted by Crippen LogP contribution is -2.32. The van der Waals surface area contributed by atoms with Crippen molar-refractivity contribution < 1.29 is 9.59 Å². The summed E-state index contributed by atoms with van der Waals surface area (Å²) in [6, 6.07) is 14.4. The highest BCUT2D eigenvalue weighted by molar-refractivity contribution is 5.99. The van der Waals surface area contributed by atoms with Crippen molar-refractivity contribution in [3.05, 3.63) is 72.1 Å². The summed E-state index contributed by atoms with van der Waals surface area (Å²) in [5.74, 6) is 0.382. The van der Waals surface area contributed by atoms with Crippen molar-refractivity contribution in [3.63, 3.8) is 0 Å². The third kappa shape index (κ3) is 7.28. The van der Waals surface area contributed by atoms with Gasteiger partial charge in [0.25, 0.3) is 5.91 Å². The summed E-state index contributed by atoms with van der Waals surface area (Å²) in [6.07, 6.45) is 3.40. The van der Waals surface area contributed by atoms with Gasteiger partial charge in [0.1, 0.15) is 5.82 Å². The number of carbonyl (C=O) groups excluding carboxylic acids is 2. The van der Waals surface area contributed by atoms with Gasteiger partial charge in [-0.15, -0.1) is 0 Å². The summed E-state index contributed by atoms with van der Waals surface area (Å²) in [4.78, 5) is 35.5. The molecule has 0 saturated heterocycles. The largest absolute Gasteiger partial charge is 0.370 e. The van der Waals surface area contributed by atoms with Crippen LogP contribution in [0.5, 0.6) is 0 Å². The van der Waals surface area contributed by atoms with Gasteiger partial charge in [0.05, 0.1) is 11.3 Å². The van der Waals surface area contributed by atoms with Gasteiger partial charge in [-0.2, -0.15) is 0 Å². The molecule has 2 aromatic heterocycles. The highest BCUT2D eigenvalue weighted by Gasteiger charge is 2.14. The monoisotopic (exact) mass is 461 g/mol. The van der Waals surface area contributed by atoms with E-state index < -0.39 is 0 Å². The van der Waals surface area contributed by atoms with Crippen LogP contribution in [0.4, 0.5) is 16.3 Å². The number of hydrogen-bond acceptors (Lipinski definition) is 6. The molecule has 0 fully saturated rings. The fourth-order valence-electron chi connectivity index (χ4n) is 3.18. The zero-order chi connectivity index (χ0) is 24.3. The average molecular weight is 462 g/mol. The molecule has 9 heteroatoms. The van der Waals surface area contributed by atoms with Crippen LogP contribution in [-0.2, 0) is 6.54 Å². The number of benzene rings is 1. The zero-order valence-electron chi connectivity index (χ0n) is 19.8. The van der Waals surface area contributed by atoms with Crippen LogP contribution in [0.1, 0.15) is 22.8 Å². The Kier molecular flexibility index (Phi) is 8.93. The minimum Gasteiger partial charge on any atom is -0.370 e. The Balaban J connectivity index is 1.64. The minimum atomic E-state index is -0.297. The van der Waals surface area contributed by atoms with E-state index in [1.54, 1.807) is 18.5 Å². The fourth-order valence-corrected chi connectivity index (χ4v) is 3.18. The van der Waals surface area contributed by atoms with Gasteiger partial charge in [-0.05, 0) is 56.9 Å². The first-order valence-corrected chi connectivity index (χ1v) is 11.2. The first-order valence-electron chi connectivity index (χ1n) is 11.2. The molecule has 1 aromatic carbocycles. The molecule has 2 heterocycles. The molecule has 34 heavy (non-hydrogen) atoms. The Labute approximate surface area is 200 Å². The lowest BCUT2D eigenvalue weighted by Gasteiger charge is -2.14. The number of hydrogen-bond donors (Lipinski definition) is 4. The summed E-state index contributed by atoms with van der Waals surface area (Å²) in [5, 5.41) is 11.7. The van der Waals surface area contributed by atoms with Crippen molar-refractivity contribution in [2.24, 2.45) is 0 Å². The molecule has 0 aliphatic rings. The van der Waals surface area contributed by atoms with Gasteiger partial charge in [0.15, 0.2) is 0 Å². The van der Waals surface area contributed by atoms with Gasteiger partial charge in [0.2, 0.25) is 0 Å². The smallest absolute Gasteiger partial charge is 0.319 e. The predicted octanol–water partition coefficient (Wildman–Crippen LogP) is 3.19. The predicted molar refractivity (Wildman–Crippen MR) is 135 cm³/mol. The van der Waals surface area contributed by atoms with E-state index in [-0.39, 0.29) is 11.9 Å².